The molecule has 0 aromatic heterocycles. The van der Waals surface area contributed by atoms with E-state index < -0.39 is 11.8 Å². The number of piperidine rings is 1. The second kappa shape index (κ2) is 7.84. The molecule has 1 spiro atoms. The summed E-state index contributed by atoms with van der Waals surface area (Å²) in [6.07, 6.45) is 1.33. The number of carbonyl (C=O) groups excluding carboxylic acids is 2. The third-order valence-corrected chi connectivity index (χ3v) is 4.51. The van der Waals surface area contributed by atoms with Gasteiger partial charge in [0.15, 0.2) is 12.4 Å². The first kappa shape index (κ1) is 17.7. The number of rotatable bonds is 5. The molecule has 136 valence electrons. The SMILES string of the molecule is CC(NC(=O)COc1ccccc1)C(=O)N1CCC2(CC1)OCCO2. The normalized spacial score (nSPS) is 20.3. The van der Waals surface area contributed by atoms with Crippen molar-refractivity contribution in [1.29, 1.82) is 0 Å². The number of amides is 2. The molecule has 3 rings (SSSR count). The van der Waals surface area contributed by atoms with Crippen molar-refractivity contribution in [2.75, 3.05) is 32.9 Å². The van der Waals surface area contributed by atoms with E-state index in [4.69, 9.17) is 14.2 Å². The highest BCUT2D eigenvalue weighted by Crippen LogP contribution is 2.31. The summed E-state index contributed by atoms with van der Waals surface area (Å²) in [5.41, 5.74) is 0. The second-order valence-corrected chi connectivity index (χ2v) is 6.32. The Labute approximate surface area is 147 Å². The lowest BCUT2D eigenvalue weighted by Crippen LogP contribution is -2.53. The van der Waals surface area contributed by atoms with Crippen molar-refractivity contribution >= 4 is 11.8 Å². The van der Waals surface area contributed by atoms with Gasteiger partial charge in [-0.05, 0) is 19.1 Å². The molecule has 1 unspecified atom stereocenters. The van der Waals surface area contributed by atoms with Crippen LogP contribution in [0.4, 0.5) is 0 Å². The third-order valence-electron chi connectivity index (χ3n) is 4.51. The van der Waals surface area contributed by atoms with Crippen molar-refractivity contribution in [1.82, 2.24) is 10.2 Å². The van der Waals surface area contributed by atoms with Crippen LogP contribution >= 0.6 is 0 Å². The molecule has 1 N–H and O–H groups in total. The molecule has 0 bridgehead atoms. The van der Waals surface area contributed by atoms with Crippen LogP contribution in [0.15, 0.2) is 30.3 Å². The highest BCUT2D eigenvalue weighted by atomic mass is 16.7. The molecular formula is C18H24N2O5. The van der Waals surface area contributed by atoms with Crippen molar-refractivity contribution in [3.8, 4) is 5.75 Å². The minimum absolute atomic E-state index is 0.0964. The molecule has 1 aromatic carbocycles. The van der Waals surface area contributed by atoms with E-state index in [2.05, 4.69) is 5.32 Å². The average Bonchev–Trinajstić information content (AvgIpc) is 3.09. The van der Waals surface area contributed by atoms with Crippen LogP contribution in [-0.4, -0.2) is 61.5 Å². The van der Waals surface area contributed by atoms with E-state index in [1.165, 1.54) is 0 Å². The summed E-state index contributed by atoms with van der Waals surface area (Å²) in [7, 11) is 0. The standard InChI is InChI=1S/C18H24N2O5/c1-14(19-16(21)13-23-15-5-3-2-4-6-15)17(22)20-9-7-18(8-10-20)24-11-12-25-18/h2-6,14H,7-13H2,1H3,(H,19,21). The highest BCUT2D eigenvalue weighted by Gasteiger charge is 2.41. The minimum atomic E-state index is -0.591. The fourth-order valence-electron chi connectivity index (χ4n) is 3.14. The van der Waals surface area contributed by atoms with Crippen molar-refractivity contribution in [3.05, 3.63) is 30.3 Å². The summed E-state index contributed by atoms with van der Waals surface area (Å²) >= 11 is 0. The Bertz CT molecular complexity index is 591. The first-order chi connectivity index (χ1) is 12.1. The summed E-state index contributed by atoms with van der Waals surface area (Å²) in [4.78, 5) is 26.2. The molecule has 25 heavy (non-hydrogen) atoms. The summed E-state index contributed by atoms with van der Waals surface area (Å²) in [6.45, 7) is 3.94. The number of hydrogen-bond donors (Lipinski definition) is 1. The number of benzene rings is 1. The topological polar surface area (TPSA) is 77.1 Å². The zero-order valence-corrected chi connectivity index (χ0v) is 14.4. The van der Waals surface area contributed by atoms with Gasteiger partial charge in [0, 0.05) is 25.9 Å². The molecule has 2 amide bonds. The van der Waals surface area contributed by atoms with Gasteiger partial charge in [0.05, 0.1) is 13.2 Å². The van der Waals surface area contributed by atoms with Gasteiger partial charge in [-0.3, -0.25) is 9.59 Å². The van der Waals surface area contributed by atoms with Crippen LogP contribution in [0.2, 0.25) is 0 Å². The molecular weight excluding hydrogens is 324 g/mol. The van der Waals surface area contributed by atoms with Gasteiger partial charge in [-0.1, -0.05) is 18.2 Å². The van der Waals surface area contributed by atoms with E-state index >= 15 is 0 Å². The number of ether oxygens (including phenoxy) is 3. The van der Waals surface area contributed by atoms with Crippen LogP contribution in [0.1, 0.15) is 19.8 Å². The molecule has 1 aromatic rings. The van der Waals surface area contributed by atoms with Crippen LogP contribution in [0.3, 0.4) is 0 Å². The Morgan fingerprint density at radius 1 is 1.20 bits per heavy atom. The van der Waals surface area contributed by atoms with Crippen LogP contribution in [0.25, 0.3) is 0 Å². The van der Waals surface area contributed by atoms with Gasteiger partial charge in [0.1, 0.15) is 11.8 Å². The lowest BCUT2D eigenvalue weighted by atomic mass is 10.0. The number of para-hydroxylation sites is 1. The van der Waals surface area contributed by atoms with E-state index in [1.807, 2.05) is 18.2 Å². The molecule has 0 aliphatic carbocycles. The van der Waals surface area contributed by atoms with Gasteiger partial charge in [-0.25, -0.2) is 0 Å². The maximum Gasteiger partial charge on any atom is 0.258 e. The number of nitrogens with one attached hydrogen (secondary N) is 1. The van der Waals surface area contributed by atoms with Crippen LogP contribution in [-0.2, 0) is 19.1 Å². The first-order valence-corrected chi connectivity index (χ1v) is 8.62. The fraction of sp³-hybridized carbons (Fsp3) is 0.556. The molecule has 2 fully saturated rings. The third kappa shape index (κ3) is 4.49. The highest BCUT2D eigenvalue weighted by molar-refractivity contribution is 5.87. The fourth-order valence-corrected chi connectivity index (χ4v) is 3.14. The average molecular weight is 348 g/mol. The van der Waals surface area contributed by atoms with E-state index in [-0.39, 0.29) is 18.4 Å². The molecule has 2 heterocycles. The van der Waals surface area contributed by atoms with Crippen LogP contribution in [0, 0.1) is 0 Å². The molecule has 7 nitrogen and oxygen atoms in total. The molecule has 0 saturated carbocycles. The Balaban J connectivity index is 1.42. The Morgan fingerprint density at radius 3 is 2.48 bits per heavy atom. The van der Waals surface area contributed by atoms with Gasteiger partial charge < -0.3 is 24.4 Å². The van der Waals surface area contributed by atoms with Crippen molar-refractivity contribution in [3.63, 3.8) is 0 Å². The van der Waals surface area contributed by atoms with E-state index in [0.29, 0.717) is 44.9 Å². The Hall–Kier alpha value is -2.12. The predicted octanol–water partition coefficient (Wildman–Crippen LogP) is 0.936. The molecule has 2 saturated heterocycles. The monoisotopic (exact) mass is 348 g/mol. The summed E-state index contributed by atoms with van der Waals surface area (Å²) < 4.78 is 16.7. The summed E-state index contributed by atoms with van der Waals surface area (Å²) in [5, 5.41) is 2.69. The van der Waals surface area contributed by atoms with Crippen molar-refractivity contribution in [2.45, 2.75) is 31.6 Å². The van der Waals surface area contributed by atoms with Gasteiger partial charge in [-0.15, -0.1) is 0 Å². The van der Waals surface area contributed by atoms with Crippen LogP contribution < -0.4 is 10.1 Å². The molecule has 2 aliphatic rings. The zero-order valence-electron chi connectivity index (χ0n) is 14.4. The molecule has 7 heteroatoms. The minimum Gasteiger partial charge on any atom is -0.484 e. The van der Waals surface area contributed by atoms with Crippen molar-refractivity contribution in [2.24, 2.45) is 0 Å². The van der Waals surface area contributed by atoms with Gasteiger partial charge >= 0.3 is 0 Å². The zero-order chi connectivity index (χ0) is 17.7. The number of hydrogen-bond acceptors (Lipinski definition) is 5. The smallest absolute Gasteiger partial charge is 0.258 e. The van der Waals surface area contributed by atoms with E-state index in [0.717, 1.165) is 0 Å². The maximum atomic E-state index is 12.5. The van der Waals surface area contributed by atoms with E-state index in [1.54, 1.807) is 24.0 Å². The predicted molar refractivity (Wildman–Crippen MR) is 90.0 cm³/mol. The van der Waals surface area contributed by atoms with Crippen molar-refractivity contribution < 1.29 is 23.8 Å². The lowest BCUT2D eigenvalue weighted by Gasteiger charge is -2.38. The Kier molecular flexibility index (Phi) is 5.55. The summed E-state index contributed by atoms with van der Waals surface area (Å²) in [5.74, 6) is -0.302. The summed E-state index contributed by atoms with van der Waals surface area (Å²) in [6, 6.07) is 8.50. The number of likely N-dealkylation sites (tertiary alicyclic amines) is 1. The number of nitrogens with zero attached hydrogens (tertiary/aromatic N) is 1. The van der Waals surface area contributed by atoms with Gasteiger partial charge in [-0.2, -0.15) is 0 Å². The number of carbonyl (C=O) groups is 2. The largest absolute Gasteiger partial charge is 0.484 e. The Morgan fingerprint density at radius 2 is 1.84 bits per heavy atom. The van der Waals surface area contributed by atoms with Crippen LogP contribution in [0.5, 0.6) is 5.75 Å². The lowest BCUT2D eigenvalue weighted by molar-refractivity contribution is -0.187. The second-order valence-electron chi connectivity index (χ2n) is 6.32. The first-order valence-electron chi connectivity index (χ1n) is 8.62. The molecule has 0 radical (unpaired) electrons. The van der Waals surface area contributed by atoms with Gasteiger partial charge in [0.25, 0.3) is 5.91 Å². The van der Waals surface area contributed by atoms with E-state index in [9.17, 15) is 9.59 Å². The van der Waals surface area contributed by atoms with Gasteiger partial charge in [0.2, 0.25) is 5.91 Å². The maximum absolute atomic E-state index is 12.5. The quantitative estimate of drug-likeness (QED) is 0.857. The molecule has 2 aliphatic heterocycles. The molecule has 1 atom stereocenters.